The largest absolute Gasteiger partial charge is 0.493 e. The second-order valence-corrected chi connectivity index (χ2v) is 12.0. The molecule has 1 heterocycles. The highest BCUT2D eigenvalue weighted by molar-refractivity contribution is 5.75. The zero-order chi connectivity index (χ0) is 28.5. The lowest BCUT2D eigenvalue weighted by molar-refractivity contribution is -0.149. The van der Waals surface area contributed by atoms with Gasteiger partial charge in [-0.05, 0) is 69.1 Å². The molecule has 38 heavy (non-hydrogen) atoms. The van der Waals surface area contributed by atoms with Gasteiger partial charge in [0.15, 0.2) is 11.5 Å². The van der Waals surface area contributed by atoms with Crippen molar-refractivity contribution in [3.05, 3.63) is 23.8 Å². The lowest BCUT2D eigenvalue weighted by Crippen LogP contribution is -2.45. The van der Waals surface area contributed by atoms with Crippen LogP contribution < -0.4 is 14.8 Å². The fraction of sp³-hybridized carbons (Fsp3) is 0.733. The Kier molecular flexibility index (Phi) is 12.2. The highest BCUT2D eigenvalue weighted by Gasteiger charge is 2.43. The van der Waals surface area contributed by atoms with Crippen LogP contribution in [0.5, 0.6) is 11.5 Å². The number of rotatable bonds is 14. The maximum absolute atomic E-state index is 12.8. The van der Waals surface area contributed by atoms with E-state index >= 15 is 0 Å². The molecule has 1 saturated heterocycles. The van der Waals surface area contributed by atoms with Gasteiger partial charge in [0.05, 0.1) is 19.6 Å². The Labute approximate surface area is 229 Å². The smallest absolute Gasteiger partial charge is 0.407 e. The van der Waals surface area contributed by atoms with Gasteiger partial charge in [-0.3, -0.25) is 4.79 Å². The Bertz CT molecular complexity index is 893. The van der Waals surface area contributed by atoms with Crippen LogP contribution in [0.3, 0.4) is 0 Å². The predicted molar refractivity (Wildman–Crippen MR) is 148 cm³/mol. The molecule has 1 fully saturated rings. The molecule has 216 valence electrons. The molecule has 8 nitrogen and oxygen atoms in total. The molecule has 2 rings (SSSR count). The fourth-order valence-corrected chi connectivity index (χ4v) is 4.69. The standard InChI is InChI=1S/C30H49NO7/c1-19(2)22(15-21-11-12-24(35-9)25(16-21)36-14-10-13-34-8)17-26(38-29(33)31-30(5,6)7)27-18-23(20(3)4)28(32)37-27/h11-12,16,19-20,22-23,26-27H,10,13-15,17-18H2,1-9H3,(H,31,33)/t22-,23-,26-,27-/m0/s1. The third-order valence-corrected chi connectivity index (χ3v) is 6.97. The SMILES string of the molecule is COCCCOc1cc(C[C@@H](C[C@H](OC(=O)NC(C)(C)C)[C@@H]2C[C@@H](C(C)C)C(=O)O2)C(C)C)ccc1OC. The van der Waals surface area contributed by atoms with Gasteiger partial charge < -0.3 is 29.0 Å². The summed E-state index contributed by atoms with van der Waals surface area (Å²) in [6, 6.07) is 5.99. The van der Waals surface area contributed by atoms with Gasteiger partial charge in [-0.2, -0.15) is 0 Å². The van der Waals surface area contributed by atoms with Crippen LogP contribution >= 0.6 is 0 Å². The molecular formula is C30H49NO7. The summed E-state index contributed by atoms with van der Waals surface area (Å²) in [5, 5.41) is 2.88. The number of carbonyl (C=O) groups is 2. The van der Waals surface area contributed by atoms with E-state index in [2.05, 4.69) is 19.2 Å². The molecule has 0 radical (unpaired) electrons. The topological polar surface area (TPSA) is 92.3 Å². The van der Waals surface area contributed by atoms with E-state index in [1.165, 1.54) is 0 Å². The van der Waals surface area contributed by atoms with E-state index in [-0.39, 0.29) is 23.7 Å². The van der Waals surface area contributed by atoms with Crippen molar-refractivity contribution in [3.63, 3.8) is 0 Å². The number of cyclic esters (lactones) is 1. The van der Waals surface area contributed by atoms with Crippen LogP contribution in [-0.2, 0) is 25.4 Å². The average molecular weight is 536 g/mol. The highest BCUT2D eigenvalue weighted by atomic mass is 16.6. The lowest BCUT2D eigenvalue weighted by atomic mass is 9.82. The number of amides is 1. The van der Waals surface area contributed by atoms with Crippen molar-refractivity contribution in [2.24, 2.45) is 23.7 Å². The van der Waals surface area contributed by atoms with Crippen molar-refractivity contribution in [1.82, 2.24) is 5.32 Å². The Morgan fingerprint density at radius 1 is 1.11 bits per heavy atom. The summed E-state index contributed by atoms with van der Waals surface area (Å²) < 4.78 is 28.3. The second-order valence-electron chi connectivity index (χ2n) is 12.0. The summed E-state index contributed by atoms with van der Waals surface area (Å²) in [4.78, 5) is 25.4. The van der Waals surface area contributed by atoms with Crippen molar-refractivity contribution in [3.8, 4) is 11.5 Å². The van der Waals surface area contributed by atoms with Crippen molar-refractivity contribution in [1.29, 1.82) is 0 Å². The monoisotopic (exact) mass is 535 g/mol. The number of hydrogen-bond acceptors (Lipinski definition) is 7. The van der Waals surface area contributed by atoms with Gasteiger partial charge in [0.2, 0.25) is 0 Å². The molecule has 1 aromatic carbocycles. The Hall–Kier alpha value is -2.48. The molecule has 0 unspecified atom stereocenters. The minimum Gasteiger partial charge on any atom is -0.493 e. The van der Waals surface area contributed by atoms with Crippen LogP contribution in [0.25, 0.3) is 0 Å². The van der Waals surface area contributed by atoms with Crippen molar-refractivity contribution >= 4 is 12.1 Å². The predicted octanol–water partition coefficient (Wildman–Crippen LogP) is 5.80. The second kappa shape index (κ2) is 14.6. The molecule has 8 heteroatoms. The van der Waals surface area contributed by atoms with Crippen LogP contribution in [0.4, 0.5) is 4.79 Å². The quantitative estimate of drug-likeness (QED) is 0.238. The van der Waals surface area contributed by atoms with Gasteiger partial charge in [0.1, 0.15) is 12.2 Å². The molecule has 1 aliphatic heterocycles. The minimum absolute atomic E-state index is 0.166. The van der Waals surface area contributed by atoms with Crippen LogP contribution in [0.2, 0.25) is 0 Å². The van der Waals surface area contributed by atoms with Crippen molar-refractivity contribution in [2.75, 3.05) is 27.4 Å². The molecule has 0 aromatic heterocycles. The molecule has 1 amide bonds. The third-order valence-electron chi connectivity index (χ3n) is 6.97. The van der Waals surface area contributed by atoms with Crippen LogP contribution in [0.1, 0.15) is 73.3 Å². The maximum atomic E-state index is 12.8. The molecule has 0 bridgehead atoms. The van der Waals surface area contributed by atoms with Gasteiger partial charge in [-0.1, -0.05) is 33.8 Å². The van der Waals surface area contributed by atoms with Crippen molar-refractivity contribution < 1.29 is 33.3 Å². The Balaban J connectivity index is 2.23. The first-order valence-electron chi connectivity index (χ1n) is 13.8. The van der Waals surface area contributed by atoms with E-state index in [0.717, 1.165) is 18.4 Å². The van der Waals surface area contributed by atoms with E-state index < -0.39 is 23.8 Å². The van der Waals surface area contributed by atoms with E-state index in [4.69, 9.17) is 23.7 Å². The van der Waals surface area contributed by atoms with Gasteiger partial charge in [-0.15, -0.1) is 0 Å². The molecule has 1 aromatic rings. The highest BCUT2D eigenvalue weighted by Crippen LogP contribution is 2.35. The molecule has 1 N–H and O–H groups in total. The first-order valence-corrected chi connectivity index (χ1v) is 13.8. The van der Waals surface area contributed by atoms with Gasteiger partial charge in [-0.25, -0.2) is 4.79 Å². The number of ether oxygens (including phenoxy) is 5. The summed E-state index contributed by atoms with van der Waals surface area (Å²) in [6.45, 7) is 15.3. The Morgan fingerprint density at radius 2 is 1.82 bits per heavy atom. The average Bonchev–Trinajstić information content (AvgIpc) is 3.21. The maximum Gasteiger partial charge on any atom is 0.407 e. The number of hydrogen-bond donors (Lipinski definition) is 1. The van der Waals surface area contributed by atoms with E-state index in [9.17, 15) is 9.59 Å². The Morgan fingerprint density at radius 3 is 2.37 bits per heavy atom. The summed E-state index contributed by atoms with van der Waals surface area (Å²) in [7, 11) is 3.30. The van der Waals surface area contributed by atoms with Gasteiger partial charge in [0.25, 0.3) is 0 Å². The lowest BCUT2D eigenvalue weighted by Gasteiger charge is -2.30. The molecule has 0 aliphatic carbocycles. The summed E-state index contributed by atoms with van der Waals surface area (Å²) in [5.41, 5.74) is 0.668. The molecule has 0 saturated carbocycles. The summed E-state index contributed by atoms with van der Waals surface area (Å²) in [6.07, 6.45) is 1.17. The molecular weight excluding hydrogens is 486 g/mol. The molecule has 0 spiro atoms. The number of carbonyl (C=O) groups excluding carboxylic acids is 2. The third kappa shape index (κ3) is 10.0. The number of benzene rings is 1. The number of alkyl carbamates (subject to hydrolysis) is 1. The first kappa shape index (κ1) is 31.7. The van der Waals surface area contributed by atoms with E-state index in [0.29, 0.717) is 43.5 Å². The fourth-order valence-electron chi connectivity index (χ4n) is 4.69. The normalized spacial score (nSPS) is 19.3. The molecule has 4 atom stereocenters. The van der Waals surface area contributed by atoms with E-state index in [1.54, 1.807) is 14.2 Å². The van der Waals surface area contributed by atoms with Crippen LogP contribution in [-0.4, -0.2) is 57.2 Å². The van der Waals surface area contributed by atoms with Gasteiger partial charge >= 0.3 is 12.1 Å². The van der Waals surface area contributed by atoms with Crippen LogP contribution in [0, 0.1) is 23.7 Å². The minimum atomic E-state index is -0.541. The van der Waals surface area contributed by atoms with Gasteiger partial charge in [0, 0.05) is 32.1 Å². The summed E-state index contributed by atoms with van der Waals surface area (Å²) >= 11 is 0. The van der Waals surface area contributed by atoms with Crippen molar-refractivity contribution in [2.45, 2.75) is 91.9 Å². The number of methoxy groups -OCH3 is 2. The molecule has 1 aliphatic rings. The van der Waals surface area contributed by atoms with Crippen LogP contribution in [0.15, 0.2) is 18.2 Å². The number of esters is 1. The first-order chi connectivity index (χ1) is 17.8. The zero-order valence-corrected chi connectivity index (χ0v) is 24.8. The summed E-state index contributed by atoms with van der Waals surface area (Å²) in [5.74, 6) is 1.64. The van der Waals surface area contributed by atoms with E-state index in [1.807, 2.05) is 52.8 Å². The zero-order valence-electron chi connectivity index (χ0n) is 24.8. The number of nitrogens with one attached hydrogen (secondary N) is 1.